The van der Waals surface area contributed by atoms with Crippen molar-refractivity contribution in [2.45, 2.75) is 64.1 Å². The van der Waals surface area contributed by atoms with Crippen molar-refractivity contribution in [1.82, 2.24) is 5.32 Å². The molecule has 0 spiro atoms. The Bertz CT molecular complexity index is 179. The smallest absolute Gasteiger partial charge is 0.0561 e. The maximum atomic E-state index is 5.56. The zero-order chi connectivity index (χ0) is 9.97. The van der Waals surface area contributed by atoms with E-state index >= 15 is 0 Å². The monoisotopic (exact) mass is 197 g/mol. The van der Waals surface area contributed by atoms with Crippen LogP contribution in [0.25, 0.3) is 0 Å². The summed E-state index contributed by atoms with van der Waals surface area (Å²) in [6, 6.07) is 1.49. The van der Waals surface area contributed by atoms with Crippen molar-refractivity contribution >= 4 is 0 Å². The Morgan fingerprint density at radius 3 is 2.71 bits per heavy atom. The Kier molecular flexibility index (Phi) is 3.45. The predicted molar refractivity (Wildman–Crippen MR) is 58.4 cm³/mol. The Morgan fingerprint density at radius 1 is 1.36 bits per heavy atom. The second kappa shape index (κ2) is 4.63. The average Bonchev–Trinajstić information content (AvgIpc) is 2.97. The Hall–Kier alpha value is -0.0800. The van der Waals surface area contributed by atoms with Gasteiger partial charge in [0, 0.05) is 18.7 Å². The largest absolute Gasteiger partial charge is 0.378 e. The van der Waals surface area contributed by atoms with E-state index in [0.717, 1.165) is 18.6 Å². The first-order valence-electron chi connectivity index (χ1n) is 6.17. The molecule has 0 aromatic carbocycles. The molecule has 1 aliphatic heterocycles. The molecule has 1 saturated carbocycles. The zero-order valence-electron chi connectivity index (χ0n) is 9.46. The molecule has 0 bridgehead atoms. The molecule has 2 fully saturated rings. The van der Waals surface area contributed by atoms with Gasteiger partial charge in [0.05, 0.1) is 6.10 Å². The van der Waals surface area contributed by atoms with E-state index in [0.29, 0.717) is 12.1 Å². The summed E-state index contributed by atoms with van der Waals surface area (Å²) in [5.41, 5.74) is 0. The lowest BCUT2D eigenvalue weighted by atomic mass is 10.0. The number of hydrogen-bond donors (Lipinski definition) is 1. The number of rotatable bonds is 4. The molecular formula is C12H23NO. The van der Waals surface area contributed by atoms with E-state index in [-0.39, 0.29) is 0 Å². The van der Waals surface area contributed by atoms with Crippen LogP contribution in [0.4, 0.5) is 0 Å². The summed E-state index contributed by atoms with van der Waals surface area (Å²) in [4.78, 5) is 0. The van der Waals surface area contributed by atoms with E-state index in [4.69, 9.17) is 4.74 Å². The normalized spacial score (nSPS) is 35.6. The molecule has 14 heavy (non-hydrogen) atoms. The molecule has 1 saturated heterocycles. The van der Waals surface area contributed by atoms with Gasteiger partial charge < -0.3 is 10.1 Å². The summed E-state index contributed by atoms with van der Waals surface area (Å²) in [6.07, 6.45) is 7.04. The van der Waals surface area contributed by atoms with Crippen LogP contribution >= 0.6 is 0 Å². The molecular weight excluding hydrogens is 174 g/mol. The molecule has 2 nitrogen and oxygen atoms in total. The van der Waals surface area contributed by atoms with Gasteiger partial charge in [0.25, 0.3) is 0 Å². The molecule has 2 heteroatoms. The highest BCUT2D eigenvalue weighted by atomic mass is 16.5. The molecule has 1 aliphatic carbocycles. The second-order valence-electron chi connectivity index (χ2n) is 4.92. The highest BCUT2D eigenvalue weighted by Gasteiger charge is 2.32. The third-order valence-electron chi connectivity index (χ3n) is 3.57. The third kappa shape index (κ3) is 2.71. The molecule has 1 N–H and O–H groups in total. The molecule has 82 valence electrons. The highest BCUT2D eigenvalue weighted by Crippen LogP contribution is 2.34. The van der Waals surface area contributed by atoms with Gasteiger partial charge >= 0.3 is 0 Å². The lowest BCUT2D eigenvalue weighted by Crippen LogP contribution is -2.44. The summed E-state index contributed by atoms with van der Waals surface area (Å²) >= 11 is 0. The number of hydrogen-bond acceptors (Lipinski definition) is 2. The minimum Gasteiger partial charge on any atom is -0.378 e. The second-order valence-corrected chi connectivity index (χ2v) is 4.92. The van der Waals surface area contributed by atoms with E-state index in [2.05, 4.69) is 19.2 Å². The van der Waals surface area contributed by atoms with Crippen molar-refractivity contribution in [3.05, 3.63) is 0 Å². The molecule has 1 heterocycles. The lowest BCUT2D eigenvalue weighted by molar-refractivity contribution is 0.0106. The van der Waals surface area contributed by atoms with Crippen molar-refractivity contribution in [2.75, 3.05) is 6.61 Å². The van der Waals surface area contributed by atoms with E-state index in [9.17, 15) is 0 Å². The minimum atomic E-state index is 0.456. The Balaban J connectivity index is 1.76. The number of nitrogens with one attached hydrogen (secondary N) is 1. The van der Waals surface area contributed by atoms with Gasteiger partial charge in [-0.1, -0.05) is 6.92 Å². The molecule has 0 amide bonds. The van der Waals surface area contributed by atoms with Gasteiger partial charge in [0.2, 0.25) is 0 Å². The fraction of sp³-hybridized carbons (Fsp3) is 1.00. The SMILES string of the molecule is CCC(NC1CCOC(C)C1)C1CC1. The molecule has 3 atom stereocenters. The molecule has 2 aliphatic rings. The first kappa shape index (κ1) is 10.4. The lowest BCUT2D eigenvalue weighted by Gasteiger charge is -2.31. The van der Waals surface area contributed by atoms with Crippen LogP contribution in [0.1, 0.15) is 46.0 Å². The quantitative estimate of drug-likeness (QED) is 0.747. The fourth-order valence-electron chi connectivity index (χ4n) is 2.54. The van der Waals surface area contributed by atoms with Crippen molar-refractivity contribution in [2.24, 2.45) is 5.92 Å². The first-order chi connectivity index (χ1) is 6.79. The molecule has 0 aromatic rings. The van der Waals surface area contributed by atoms with Crippen LogP contribution < -0.4 is 5.32 Å². The van der Waals surface area contributed by atoms with Crippen LogP contribution in [0.2, 0.25) is 0 Å². The van der Waals surface area contributed by atoms with Crippen molar-refractivity contribution in [3.8, 4) is 0 Å². The summed E-state index contributed by atoms with van der Waals surface area (Å²) in [7, 11) is 0. The molecule has 3 unspecified atom stereocenters. The van der Waals surface area contributed by atoms with Gasteiger partial charge in [0.1, 0.15) is 0 Å². The van der Waals surface area contributed by atoms with Crippen molar-refractivity contribution < 1.29 is 4.74 Å². The van der Waals surface area contributed by atoms with Gasteiger partial charge in [-0.3, -0.25) is 0 Å². The van der Waals surface area contributed by atoms with Gasteiger partial charge in [0.15, 0.2) is 0 Å². The van der Waals surface area contributed by atoms with Gasteiger partial charge in [-0.05, 0) is 44.9 Å². The van der Waals surface area contributed by atoms with Crippen molar-refractivity contribution in [3.63, 3.8) is 0 Å². The molecule has 0 radical (unpaired) electrons. The van der Waals surface area contributed by atoms with Crippen LogP contribution in [0.3, 0.4) is 0 Å². The third-order valence-corrected chi connectivity index (χ3v) is 3.57. The van der Waals surface area contributed by atoms with E-state index in [1.807, 2.05) is 0 Å². The van der Waals surface area contributed by atoms with E-state index < -0.39 is 0 Å². The van der Waals surface area contributed by atoms with Gasteiger partial charge in [-0.15, -0.1) is 0 Å². The first-order valence-corrected chi connectivity index (χ1v) is 6.17. The Labute approximate surface area is 87.4 Å². The summed E-state index contributed by atoms with van der Waals surface area (Å²) < 4.78 is 5.56. The van der Waals surface area contributed by atoms with Gasteiger partial charge in [-0.25, -0.2) is 0 Å². The maximum Gasteiger partial charge on any atom is 0.0561 e. The average molecular weight is 197 g/mol. The topological polar surface area (TPSA) is 21.3 Å². The predicted octanol–water partition coefficient (Wildman–Crippen LogP) is 2.33. The van der Waals surface area contributed by atoms with Crippen LogP contribution in [-0.4, -0.2) is 24.8 Å². The van der Waals surface area contributed by atoms with Crippen LogP contribution in [0.15, 0.2) is 0 Å². The van der Waals surface area contributed by atoms with Crippen LogP contribution in [0.5, 0.6) is 0 Å². The minimum absolute atomic E-state index is 0.456. The van der Waals surface area contributed by atoms with E-state index in [1.165, 1.54) is 32.1 Å². The highest BCUT2D eigenvalue weighted by molar-refractivity contribution is 4.88. The number of ether oxygens (including phenoxy) is 1. The summed E-state index contributed by atoms with van der Waals surface area (Å²) in [6.45, 7) is 5.44. The van der Waals surface area contributed by atoms with E-state index in [1.54, 1.807) is 0 Å². The maximum absolute atomic E-state index is 5.56. The standard InChI is InChI=1S/C12H23NO/c1-3-12(10-4-5-10)13-11-6-7-14-9(2)8-11/h9-13H,3-8H2,1-2H3. The zero-order valence-corrected chi connectivity index (χ0v) is 9.46. The van der Waals surface area contributed by atoms with Crippen LogP contribution in [-0.2, 0) is 4.74 Å². The fourth-order valence-corrected chi connectivity index (χ4v) is 2.54. The van der Waals surface area contributed by atoms with Crippen LogP contribution in [0, 0.1) is 5.92 Å². The van der Waals surface area contributed by atoms with Gasteiger partial charge in [-0.2, -0.15) is 0 Å². The molecule has 0 aromatic heterocycles. The van der Waals surface area contributed by atoms with Crippen molar-refractivity contribution in [1.29, 1.82) is 0 Å². The summed E-state index contributed by atoms with van der Waals surface area (Å²) in [5.74, 6) is 0.984. The summed E-state index contributed by atoms with van der Waals surface area (Å²) in [5, 5.41) is 3.82. The molecule has 2 rings (SSSR count). The Morgan fingerprint density at radius 2 is 2.14 bits per heavy atom.